The Kier molecular flexibility index (Phi) is 5.06. The molecule has 0 saturated carbocycles. The molecule has 7 nitrogen and oxygen atoms in total. The minimum absolute atomic E-state index is 0.0248. The van der Waals surface area contributed by atoms with Gasteiger partial charge in [-0.15, -0.1) is 0 Å². The number of aryl methyl sites for hydroxylation is 2. The van der Waals surface area contributed by atoms with E-state index in [4.69, 9.17) is 0 Å². The summed E-state index contributed by atoms with van der Waals surface area (Å²) in [7, 11) is 0. The highest BCUT2D eigenvalue weighted by atomic mass is 19.1. The second-order valence-electron chi connectivity index (χ2n) is 7.11. The van der Waals surface area contributed by atoms with E-state index in [1.54, 1.807) is 4.68 Å². The molecule has 1 aromatic carbocycles. The molecular weight excluding hydrogens is 357 g/mol. The van der Waals surface area contributed by atoms with E-state index >= 15 is 0 Å². The molecule has 3 aromatic rings. The van der Waals surface area contributed by atoms with Crippen molar-refractivity contribution in [2.75, 3.05) is 5.32 Å². The van der Waals surface area contributed by atoms with Gasteiger partial charge in [0.15, 0.2) is 5.82 Å². The van der Waals surface area contributed by atoms with Gasteiger partial charge in [-0.05, 0) is 44.0 Å². The van der Waals surface area contributed by atoms with Crippen LogP contribution in [0, 0.1) is 25.6 Å². The molecule has 3 atom stereocenters. The van der Waals surface area contributed by atoms with Gasteiger partial charge in [-0.25, -0.2) is 29.9 Å². The standard InChI is InChI=1S/C20H24FN7/c1-4-16-19(14-5-7-15(21)8-6-14)25-26-20(16)24-17-10-18(23-11-22-17)28-13(3)9-12(2)27-28/h5-11,16,19-20,25-26H,4H2,1-3H3,(H,22,23,24). The summed E-state index contributed by atoms with van der Waals surface area (Å²) >= 11 is 0. The van der Waals surface area contributed by atoms with Crippen molar-refractivity contribution in [3.8, 4) is 5.82 Å². The van der Waals surface area contributed by atoms with Crippen molar-refractivity contribution in [3.63, 3.8) is 0 Å². The highest BCUT2D eigenvalue weighted by molar-refractivity contribution is 5.42. The number of rotatable bonds is 5. The van der Waals surface area contributed by atoms with Gasteiger partial charge < -0.3 is 5.32 Å². The first kappa shape index (κ1) is 18.5. The second-order valence-corrected chi connectivity index (χ2v) is 7.11. The van der Waals surface area contributed by atoms with Crippen LogP contribution in [0.2, 0.25) is 0 Å². The Hall–Kier alpha value is -2.84. The van der Waals surface area contributed by atoms with Crippen molar-refractivity contribution in [2.45, 2.75) is 39.4 Å². The summed E-state index contributed by atoms with van der Waals surface area (Å²) in [5, 5.41) is 7.93. The van der Waals surface area contributed by atoms with Gasteiger partial charge in [0, 0.05) is 17.7 Å². The van der Waals surface area contributed by atoms with Crippen LogP contribution in [-0.4, -0.2) is 25.9 Å². The number of nitrogens with zero attached hydrogens (tertiary/aromatic N) is 4. The molecule has 8 heteroatoms. The van der Waals surface area contributed by atoms with Crippen LogP contribution in [0.15, 0.2) is 42.7 Å². The summed E-state index contributed by atoms with van der Waals surface area (Å²) in [6.07, 6.45) is 2.45. The number of aromatic nitrogens is 4. The smallest absolute Gasteiger partial charge is 0.159 e. The Bertz CT molecular complexity index is 953. The fraction of sp³-hybridized carbons (Fsp3) is 0.350. The molecule has 1 fully saturated rings. The van der Waals surface area contributed by atoms with E-state index in [1.807, 2.05) is 38.1 Å². The normalized spacial score (nSPS) is 21.8. The van der Waals surface area contributed by atoms with Gasteiger partial charge in [0.1, 0.15) is 18.0 Å². The van der Waals surface area contributed by atoms with Gasteiger partial charge >= 0.3 is 0 Å². The number of anilines is 1. The molecule has 3 unspecified atom stereocenters. The van der Waals surface area contributed by atoms with Crippen molar-refractivity contribution in [3.05, 3.63) is 65.5 Å². The third-order valence-electron chi connectivity index (χ3n) is 5.13. The zero-order chi connectivity index (χ0) is 19.7. The van der Waals surface area contributed by atoms with Crippen molar-refractivity contribution in [1.82, 2.24) is 30.6 Å². The lowest BCUT2D eigenvalue weighted by molar-refractivity contribution is 0.425. The summed E-state index contributed by atoms with van der Waals surface area (Å²) in [6.45, 7) is 6.10. The fourth-order valence-corrected chi connectivity index (χ4v) is 3.76. The highest BCUT2D eigenvalue weighted by Crippen LogP contribution is 2.31. The van der Waals surface area contributed by atoms with Crippen LogP contribution in [-0.2, 0) is 0 Å². The summed E-state index contributed by atoms with van der Waals surface area (Å²) in [4.78, 5) is 8.71. The topological polar surface area (TPSA) is 79.7 Å². The molecule has 1 saturated heterocycles. The second kappa shape index (κ2) is 7.65. The van der Waals surface area contributed by atoms with Gasteiger partial charge in [0.05, 0.1) is 17.9 Å². The lowest BCUT2D eigenvalue weighted by Crippen LogP contribution is -2.38. The molecule has 0 aliphatic carbocycles. The first-order valence-corrected chi connectivity index (χ1v) is 9.44. The average Bonchev–Trinajstić information content (AvgIpc) is 3.24. The quantitative estimate of drug-likeness (QED) is 0.630. The maximum absolute atomic E-state index is 13.3. The lowest BCUT2D eigenvalue weighted by Gasteiger charge is -2.23. The first-order chi connectivity index (χ1) is 13.5. The van der Waals surface area contributed by atoms with Gasteiger partial charge in [-0.3, -0.25) is 0 Å². The van der Waals surface area contributed by atoms with Crippen LogP contribution in [0.4, 0.5) is 10.2 Å². The maximum atomic E-state index is 13.3. The number of hydrogen-bond donors (Lipinski definition) is 3. The highest BCUT2D eigenvalue weighted by Gasteiger charge is 2.35. The molecule has 28 heavy (non-hydrogen) atoms. The predicted molar refractivity (Wildman–Crippen MR) is 105 cm³/mol. The van der Waals surface area contributed by atoms with Crippen molar-refractivity contribution < 1.29 is 4.39 Å². The van der Waals surface area contributed by atoms with Crippen molar-refractivity contribution in [1.29, 1.82) is 0 Å². The monoisotopic (exact) mass is 381 g/mol. The van der Waals surface area contributed by atoms with Crippen LogP contribution in [0.1, 0.15) is 36.3 Å². The van der Waals surface area contributed by atoms with E-state index in [9.17, 15) is 4.39 Å². The van der Waals surface area contributed by atoms with Crippen molar-refractivity contribution >= 4 is 5.82 Å². The maximum Gasteiger partial charge on any atom is 0.159 e. The van der Waals surface area contributed by atoms with E-state index in [0.29, 0.717) is 0 Å². The number of halogens is 1. The van der Waals surface area contributed by atoms with E-state index in [2.05, 4.69) is 38.2 Å². The number of benzene rings is 1. The summed E-state index contributed by atoms with van der Waals surface area (Å²) in [5.41, 5.74) is 9.65. The van der Waals surface area contributed by atoms with Crippen LogP contribution in [0.25, 0.3) is 5.82 Å². The van der Waals surface area contributed by atoms with Crippen LogP contribution >= 0.6 is 0 Å². The zero-order valence-electron chi connectivity index (χ0n) is 16.1. The molecule has 4 rings (SSSR count). The number of hydrogen-bond acceptors (Lipinski definition) is 6. The van der Waals surface area contributed by atoms with Gasteiger partial charge in [-0.2, -0.15) is 5.10 Å². The van der Waals surface area contributed by atoms with Crippen LogP contribution in [0.5, 0.6) is 0 Å². The van der Waals surface area contributed by atoms with Gasteiger partial charge in [-0.1, -0.05) is 19.1 Å². The molecule has 0 radical (unpaired) electrons. The molecule has 1 aliphatic heterocycles. The largest absolute Gasteiger partial charge is 0.353 e. The first-order valence-electron chi connectivity index (χ1n) is 9.44. The molecular formula is C20H24FN7. The molecule has 3 heterocycles. The molecule has 1 aliphatic rings. The molecule has 2 aromatic heterocycles. The molecule has 0 amide bonds. The molecule has 3 N–H and O–H groups in total. The summed E-state index contributed by atoms with van der Waals surface area (Å²) in [6, 6.07) is 10.6. The number of nitrogens with one attached hydrogen (secondary N) is 3. The predicted octanol–water partition coefficient (Wildman–Crippen LogP) is 3.03. The Morgan fingerprint density at radius 1 is 1.11 bits per heavy atom. The van der Waals surface area contributed by atoms with Crippen LogP contribution in [0.3, 0.4) is 0 Å². The van der Waals surface area contributed by atoms with Gasteiger partial charge in [0.2, 0.25) is 0 Å². The Balaban J connectivity index is 1.53. The Morgan fingerprint density at radius 3 is 2.57 bits per heavy atom. The SMILES string of the molecule is CCC1C(Nc2cc(-n3nc(C)cc3C)ncn2)NNC1c1ccc(F)cc1. The third kappa shape index (κ3) is 3.61. The Labute approximate surface area is 163 Å². The minimum atomic E-state index is -0.227. The van der Waals surface area contributed by atoms with Gasteiger partial charge in [0.25, 0.3) is 0 Å². The van der Waals surface area contributed by atoms with E-state index in [1.165, 1.54) is 18.5 Å². The lowest BCUT2D eigenvalue weighted by atomic mass is 9.90. The van der Waals surface area contributed by atoms with Crippen LogP contribution < -0.4 is 16.2 Å². The number of hydrazine groups is 1. The molecule has 0 bridgehead atoms. The molecule has 146 valence electrons. The Morgan fingerprint density at radius 2 is 1.89 bits per heavy atom. The minimum Gasteiger partial charge on any atom is -0.353 e. The zero-order valence-corrected chi connectivity index (χ0v) is 16.1. The molecule has 0 spiro atoms. The van der Waals surface area contributed by atoms with E-state index in [-0.39, 0.29) is 23.9 Å². The van der Waals surface area contributed by atoms with E-state index in [0.717, 1.165) is 35.0 Å². The average molecular weight is 381 g/mol. The fourth-order valence-electron chi connectivity index (χ4n) is 3.76. The summed E-state index contributed by atoms with van der Waals surface area (Å²) < 4.78 is 15.1. The third-order valence-corrected chi connectivity index (χ3v) is 5.13. The van der Waals surface area contributed by atoms with E-state index < -0.39 is 0 Å². The summed E-state index contributed by atoms with van der Waals surface area (Å²) in [5.74, 6) is 1.47. The van der Waals surface area contributed by atoms with Crippen molar-refractivity contribution in [2.24, 2.45) is 5.92 Å².